The van der Waals surface area contributed by atoms with Crippen molar-refractivity contribution in [1.82, 2.24) is 25.1 Å². The monoisotopic (exact) mass is 493 g/mol. The van der Waals surface area contributed by atoms with E-state index in [4.69, 9.17) is 4.74 Å². The number of aliphatic hydroxyl groups is 1. The number of anilines is 2. The van der Waals surface area contributed by atoms with Crippen LogP contribution in [0.4, 0.5) is 15.8 Å². The molecular formula is C25H28FN7O3. The summed E-state index contributed by atoms with van der Waals surface area (Å²) in [5, 5.41) is 21.2. The Bertz CT molecular complexity index is 1460. The van der Waals surface area contributed by atoms with Gasteiger partial charge in [-0.3, -0.25) is 9.48 Å². The summed E-state index contributed by atoms with van der Waals surface area (Å²) in [4.78, 5) is 24.4. The number of benzene rings is 2. The quantitative estimate of drug-likeness (QED) is 0.388. The maximum Gasteiger partial charge on any atom is 0.316 e. The first-order chi connectivity index (χ1) is 17.3. The predicted molar refractivity (Wildman–Crippen MR) is 135 cm³/mol. The van der Waals surface area contributed by atoms with E-state index in [2.05, 4.69) is 44.4 Å². The smallest absolute Gasteiger partial charge is 0.316 e. The van der Waals surface area contributed by atoms with Crippen LogP contribution in [0.5, 0.6) is 6.01 Å². The molecule has 1 aliphatic heterocycles. The molecule has 2 aromatic carbocycles. The summed E-state index contributed by atoms with van der Waals surface area (Å²) in [6.45, 7) is 5.55. The van der Waals surface area contributed by atoms with Gasteiger partial charge in [0, 0.05) is 60.6 Å². The lowest BCUT2D eigenvalue weighted by Crippen LogP contribution is -2.54. The van der Waals surface area contributed by atoms with Crippen molar-refractivity contribution in [2.24, 2.45) is 7.05 Å². The van der Waals surface area contributed by atoms with Crippen LogP contribution in [0.2, 0.25) is 0 Å². The van der Waals surface area contributed by atoms with Crippen LogP contribution in [0.15, 0.2) is 30.5 Å². The van der Waals surface area contributed by atoms with Crippen LogP contribution in [0.1, 0.15) is 29.9 Å². The Balaban J connectivity index is 1.55. The van der Waals surface area contributed by atoms with E-state index in [0.29, 0.717) is 34.2 Å². The lowest BCUT2D eigenvalue weighted by atomic mass is 10.0. The number of fused-ring (bicyclic) bond motifs is 2. The van der Waals surface area contributed by atoms with Gasteiger partial charge in [-0.25, -0.2) is 9.37 Å². The lowest BCUT2D eigenvalue weighted by molar-refractivity contribution is 0.102. The zero-order valence-corrected chi connectivity index (χ0v) is 20.5. The molecule has 0 radical (unpaired) electrons. The van der Waals surface area contributed by atoms with E-state index < -0.39 is 11.7 Å². The summed E-state index contributed by atoms with van der Waals surface area (Å²) in [5.74, 6) is -1.05. The van der Waals surface area contributed by atoms with Crippen molar-refractivity contribution in [1.29, 1.82) is 0 Å². The van der Waals surface area contributed by atoms with Gasteiger partial charge in [-0.1, -0.05) is 0 Å². The van der Waals surface area contributed by atoms with Crippen molar-refractivity contribution in [2.45, 2.75) is 32.5 Å². The van der Waals surface area contributed by atoms with Crippen LogP contribution >= 0.6 is 0 Å². The molecule has 1 saturated heterocycles. The van der Waals surface area contributed by atoms with Crippen LogP contribution in [0.25, 0.3) is 21.8 Å². The number of nitrogens with zero attached hydrogens (tertiary/aromatic N) is 5. The number of hydrogen-bond donors (Lipinski definition) is 3. The number of carbonyl (C=O) groups is 1. The highest BCUT2D eigenvalue weighted by Crippen LogP contribution is 2.31. The average molecular weight is 494 g/mol. The van der Waals surface area contributed by atoms with Gasteiger partial charge in [0.25, 0.3) is 5.91 Å². The van der Waals surface area contributed by atoms with Crippen LogP contribution in [-0.2, 0) is 13.7 Å². The Morgan fingerprint density at radius 1 is 1.22 bits per heavy atom. The molecule has 0 unspecified atom stereocenters. The fourth-order valence-electron chi connectivity index (χ4n) is 4.93. The Kier molecular flexibility index (Phi) is 6.19. The maximum absolute atomic E-state index is 14.7. The third-order valence-electron chi connectivity index (χ3n) is 6.45. The Morgan fingerprint density at radius 3 is 2.67 bits per heavy atom. The maximum atomic E-state index is 14.7. The second-order valence-electron chi connectivity index (χ2n) is 9.16. The SMILES string of the molecule is COc1ncc2c(N3C[C@H](C)N[C@@H](C)C3)ccc(C(=O)Nc3cc(F)c4nn(C)c(CO)c4c3)c2n1. The number of rotatable bonds is 5. The molecule has 0 bridgehead atoms. The number of amides is 1. The minimum absolute atomic E-state index is 0.131. The van der Waals surface area contributed by atoms with Crippen LogP contribution in [0.3, 0.4) is 0 Å². The summed E-state index contributed by atoms with van der Waals surface area (Å²) < 4.78 is 21.4. The van der Waals surface area contributed by atoms with Crippen molar-refractivity contribution in [3.63, 3.8) is 0 Å². The first-order valence-corrected chi connectivity index (χ1v) is 11.7. The van der Waals surface area contributed by atoms with Gasteiger partial charge in [0.15, 0.2) is 5.82 Å². The number of aliphatic hydroxyl groups excluding tert-OH is 1. The number of halogens is 1. The van der Waals surface area contributed by atoms with Gasteiger partial charge < -0.3 is 25.4 Å². The van der Waals surface area contributed by atoms with E-state index in [-0.39, 0.29) is 23.8 Å². The Morgan fingerprint density at radius 2 is 1.97 bits per heavy atom. The molecule has 1 aliphatic rings. The van der Waals surface area contributed by atoms with Gasteiger partial charge in [-0.15, -0.1) is 0 Å². The molecule has 0 aliphatic carbocycles. The molecular weight excluding hydrogens is 465 g/mol. The van der Waals surface area contributed by atoms with E-state index in [0.717, 1.165) is 24.2 Å². The molecule has 0 saturated carbocycles. The van der Waals surface area contributed by atoms with Crippen LogP contribution < -0.4 is 20.3 Å². The minimum Gasteiger partial charge on any atom is -0.467 e. The zero-order valence-electron chi connectivity index (χ0n) is 20.5. The molecule has 4 aromatic rings. The topological polar surface area (TPSA) is 117 Å². The Labute approximate surface area is 207 Å². The molecule has 2 aromatic heterocycles. The average Bonchev–Trinajstić information content (AvgIpc) is 3.17. The van der Waals surface area contributed by atoms with E-state index in [1.165, 1.54) is 17.9 Å². The molecule has 10 nitrogen and oxygen atoms in total. The fraction of sp³-hybridized carbons (Fsp3) is 0.360. The molecule has 2 atom stereocenters. The van der Waals surface area contributed by atoms with Crippen LogP contribution in [0, 0.1) is 5.82 Å². The summed E-state index contributed by atoms with van der Waals surface area (Å²) >= 11 is 0. The number of ether oxygens (including phenoxy) is 1. The van der Waals surface area contributed by atoms with Crippen LogP contribution in [-0.4, -0.2) is 63.0 Å². The van der Waals surface area contributed by atoms with Gasteiger partial charge in [-0.2, -0.15) is 10.1 Å². The molecule has 1 amide bonds. The highest BCUT2D eigenvalue weighted by Gasteiger charge is 2.25. The number of methoxy groups -OCH3 is 1. The van der Waals surface area contributed by atoms with E-state index >= 15 is 0 Å². The number of piperazine rings is 1. The molecule has 11 heteroatoms. The van der Waals surface area contributed by atoms with Crippen molar-refractivity contribution >= 4 is 39.1 Å². The van der Waals surface area contributed by atoms with E-state index in [1.807, 2.05) is 6.07 Å². The molecule has 188 valence electrons. The first kappa shape index (κ1) is 23.9. The van der Waals surface area contributed by atoms with Crippen molar-refractivity contribution in [3.05, 3.63) is 47.5 Å². The van der Waals surface area contributed by atoms with Gasteiger partial charge in [0.1, 0.15) is 5.52 Å². The van der Waals surface area contributed by atoms with Gasteiger partial charge in [0.05, 0.1) is 30.5 Å². The lowest BCUT2D eigenvalue weighted by Gasteiger charge is -2.38. The Hall–Kier alpha value is -3.83. The molecule has 3 heterocycles. The molecule has 5 rings (SSSR count). The third kappa shape index (κ3) is 4.20. The van der Waals surface area contributed by atoms with Gasteiger partial charge in [0.2, 0.25) is 0 Å². The van der Waals surface area contributed by atoms with Crippen molar-refractivity contribution in [2.75, 3.05) is 30.4 Å². The summed E-state index contributed by atoms with van der Waals surface area (Å²) in [7, 11) is 3.10. The standard InChI is InChI=1S/C25H28FN7O3/c1-13-10-33(11-14(2)28-13)20-6-5-16(22-18(20)9-27-25(30-22)36-4)24(35)29-15-7-17-21(12-34)32(3)31-23(17)19(26)8-15/h5-9,13-14,28,34H,10-12H2,1-4H3,(H,29,35)/t13-,14-/m0/s1. The van der Waals surface area contributed by atoms with Gasteiger partial charge >= 0.3 is 6.01 Å². The largest absolute Gasteiger partial charge is 0.467 e. The zero-order chi connectivity index (χ0) is 25.6. The minimum atomic E-state index is -0.593. The molecule has 36 heavy (non-hydrogen) atoms. The second-order valence-corrected chi connectivity index (χ2v) is 9.16. The predicted octanol–water partition coefficient (Wildman–Crippen LogP) is 2.60. The number of aryl methyl sites for hydroxylation is 1. The van der Waals surface area contributed by atoms with Crippen molar-refractivity contribution < 1.29 is 19.0 Å². The molecule has 0 spiro atoms. The number of nitrogens with one attached hydrogen (secondary N) is 2. The first-order valence-electron chi connectivity index (χ1n) is 11.7. The highest BCUT2D eigenvalue weighted by molar-refractivity contribution is 6.14. The molecule has 3 N–H and O–H groups in total. The number of aromatic nitrogens is 4. The highest BCUT2D eigenvalue weighted by atomic mass is 19.1. The van der Waals surface area contributed by atoms with Gasteiger partial charge in [-0.05, 0) is 38.1 Å². The van der Waals surface area contributed by atoms with Crippen molar-refractivity contribution in [3.8, 4) is 6.01 Å². The number of hydrogen-bond acceptors (Lipinski definition) is 8. The van der Waals surface area contributed by atoms with E-state index in [9.17, 15) is 14.3 Å². The van der Waals surface area contributed by atoms with E-state index in [1.54, 1.807) is 25.4 Å². The second kappa shape index (κ2) is 9.32. The summed E-state index contributed by atoms with van der Waals surface area (Å²) in [6.07, 6.45) is 1.67. The number of carbonyl (C=O) groups excluding carboxylic acids is 1. The molecule has 1 fully saturated rings. The fourth-order valence-corrected chi connectivity index (χ4v) is 4.93. The summed E-state index contributed by atoms with van der Waals surface area (Å²) in [5.41, 5.74) is 2.50. The normalized spacial score (nSPS) is 18.1. The third-order valence-corrected chi connectivity index (χ3v) is 6.45. The summed E-state index contributed by atoms with van der Waals surface area (Å²) in [6, 6.07) is 7.17.